The van der Waals surface area contributed by atoms with Crippen molar-refractivity contribution in [3.8, 4) is 0 Å². The first-order valence-electron chi connectivity index (χ1n) is 7.18. The van der Waals surface area contributed by atoms with Crippen molar-refractivity contribution in [2.45, 2.75) is 31.8 Å². The number of nitrogens with zero attached hydrogens (tertiary/aromatic N) is 1. The molecule has 0 spiro atoms. The minimum atomic E-state index is -3.64. The van der Waals surface area contributed by atoms with Crippen LogP contribution >= 0.6 is 0 Å². The zero-order valence-corrected chi connectivity index (χ0v) is 12.5. The largest absolute Gasteiger partial charge is 0.355 e. The highest BCUT2D eigenvalue weighted by molar-refractivity contribution is 7.87. The molecule has 7 heteroatoms. The quantitative estimate of drug-likeness (QED) is 0.835. The molecule has 0 saturated carbocycles. The Morgan fingerprint density at radius 3 is 2.76 bits per heavy atom. The van der Waals surface area contributed by atoms with Gasteiger partial charge in [0, 0.05) is 19.6 Å². The summed E-state index contributed by atoms with van der Waals surface area (Å²) in [7, 11) is -3.64. The Bertz CT molecular complexity index is 645. The Kier molecular flexibility index (Phi) is 3.97. The highest BCUT2D eigenvalue weighted by atomic mass is 32.2. The van der Waals surface area contributed by atoms with Gasteiger partial charge in [-0.15, -0.1) is 0 Å². The van der Waals surface area contributed by atoms with Crippen LogP contribution < -0.4 is 10.0 Å². The summed E-state index contributed by atoms with van der Waals surface area (Å²) in [6.45, 7) is 1.43. The number of piperidine rings is 1. The summed E-state index contributed by atoms with van der Waals surface area (Å²) in [6, 6.07) is 7.21. The van der Waals surface area contributed by atoms with Crippen molar-refractivity contribution in [3.05, 3.63) is 35.4 Å². The van der Waals surface area contributed by atoms with Gasteiger partial charge in [-0.25, -0.2) is 0 Å². The van der Waals surface area contributed by atoms with Gasteiger partial charge in [0.1, 0.15) is 6.04 Å². The van der Waals surface area contributed by atoms with Crippen LogP contribution in [0.3, 0.4) is 0 Å². The van der Waals surface area contributed by atoms with E-state index in [4.69, 9.17) is 0 Å². The number of carbonyl (C=O) groups excluding carboxylic acids is 1. The minimum absolute atomic E-state index is 0.234. The van der Waals surface area contributed by atoms with E-state index in [-0.39, 0.29) is 5.91 Å². The second kappa shape index (κ2) is 5.75. The molecule has 0 radical (unpaired) electrons. The number of hydrogen-bond acceptors (Lipinski definition) is 3. The normalized spacial score (nSPS) is 23.4. The molecule has 114 valence electrons. The molecule has 1 aromatic rings. The molecule has 2 heterocycles. The van der Waals surface area contributed by atoms with Crippen LogP contribution in [0.1, 0.15) is 24.0 Å². The first kappa shape index (κ1) is 14.5. The van der Waals surface area contributed by atoms with Gasteiger partial charge in [0.15, 0.2) is 0 Å². The zero-order valence-electron chi connectivity index (χ0n) is 11.7. The second-order valence-electron chi connectivity index (χ2n) is 5.46. The van der Waals surface area contributed by atoms with Gasteiger partial charge in [-0.2, -0.15) is 17.4 Å². The minimum Gasteiger partial charge on any atom is -0.355 e. The van der Waals surface area contributed by atoms with E-state index in [9.17, 15) is 13.2 Å². The number of amides is 1. The van der Waals surface area contributed by atoms with Gasteiger partial charge in [-0.05, 0) is 30.4 Å². The fourth-order valence-corrected chi connectivity index (χ4v) is 4.19. The standard InChI is InChI=1S/C14H19N3O3S/c18-14-13(6-3-8-15-14)16-21(19,20)17-9-7-11-4-1-2-5-12(11)10-17/h1-2,4-5,13,16H,3,6-10H2,(H,15,18)/t13-/m0/s1. The summed E-state index contributed by atoms with van der Waals surface area (Å²) in [6.07, 6.45) is 2.05. The number of rotatable bonds is 3. The molecule has 1 atom stereocenters. The summed E-state index contributed by atoms with van der Waals surface area (Å²) >= 11 is 0. The van der Waals surface area contributed by atoms with Crippen LogP contribution in [0.25, 0.3) is 0 Å². The molecule has 1 saturated heterocycles. The fraction of sp³-hybridized carbons (Fsp3) is 0.500. The Hall–Kier alpha value is -1.44. The van der Waals surface area contributed by atoms with Crippen LogP contribution in [0.4, 0.5) is 0 Å². The lowest BCUT2D eigenvalue weighted by molar-refractivity contribution is -0.124. The van der Waals surface area contributed by atoms with Crippen LogP contribution in [0.2, 0.25) is 0 Å². The number of nitrogens with one attached hydrogen (secondary N) is 2. The van der Waals surface area contributed by atoms with Crippen molar-refractivity contribution in [1.29, 1.82) is 0 Å². The second-order valence-corrected chi connectivity index (χ2v) is 7.16. The van der Waals surface area contributed by atoms with Crippen LogP contribution in [0.5, 0.6) is 0 Å². The molecule has 2 aliphatic heterocycles. The Morgan fingerprint density at radius 2 is 2.00 bits per heavy atom. The van der Waals surface area contributed by atoms with Crippen molar-refractivity contribution in [2.75, 3.05) is 13.1 Å². The molecule has 2 aliphatic rings. The molecule has 0 aliphatic carbocycles. The van der Waals surface area contributed by atoms with E-state index in [1.54, 1.807) is 0 Å². The lowest BCUT2D eigenvalue weighted by Gasteiger charge is -2.30. The number of fused-ring (bicyclic) bond motifs is 1. The van der Waals surface area contributed by atoms with Crippen LogP contribution in [-0.4, -0.2) is 37.8 Å². The molecular formula is C14H19N3O3S. The summed E-state index contributed by atoms with van der Waals surface area (Å²) in [5, 5.41) is 2.69. The predicted octanol–water partition coefficient (Wildman–Crippen LogP) is 0.158. The summed E-state index contributed by atoms with van der Waals surface area (Å²) in [4.78, 5) is 11.7. The van der Waals surface area contributed by atoms with E-state index in [0.717, 1.165) is 12.0 Å². The lowest BCUT2D eigenvalue weighted by atomic mass is 10.0. The average molecular weight is 309 g/mol. The van der Waals surface area contributed by atoms with E-state index < -0.39 is 16.3 Å². The Labute approximate surface area is 124 Å². The highest BCUT2D eigenvalue weighted by Crippen LogP contribution is 2.20. The maximum atomic E-state index is 12.4. The topological polar surface area (TPSA) is 78.5 Å². The first-order chi connectivity index (χ1) is 10.1. The molecule has 2 N–H and O–H groups in total. The average Bonchev–Trinajstić information content (AvgIpc) is 2.49. The summed E-state index contributed by atoms with van der Waals surface area (Å²) in [5.41, 5.74) is 2.22. The molecule has 1 aromatic carbocycles. The molecule has 3 rings (SSSR count). The van der Waals surface area contributed by atoms with Gasteiger partial charge in [0.2, 0.25) is 5.91 Å². The Balaban J connectivity index is 1.72. The molecule has 0 unspecified atom stereocenters. The monoisotopic (exact) mass is 309 g/mol. The third-order valence-corrected chi connectivity index (χ3v) is 5.59. The van der Waals surface area contributed by atoms with Crippen molar-refractivity contribution < 1.29 is 13.2 Å². The van der Waals surface area contributed by atoms with E-state index in [1.165, 1.54) is 9.87 Å². The van der Waals surface area contributed by atoms with Gasteiger partial charge < -0.3 is 5.32 Å². The Morgan fingerprint density at radius 1 is 1.24 bits per heavy atom. The maximum Gasteiger partial charge on any atom is 0.280 e. The van der Waals surface area contributed by atoms with Gasteiger partial charge >= 0.3 is 0 Å². The van der Waals surface area contributed by atoms with Gasteiger partial charge in [-0.1, -0.05) is 24.3 Å². The van der Waals surface area contributed by atoms with Crippen molar-refractivity contribution in [2.24, 2.45) is 0 Å². The molecule has 6 nitrogen and oxygen atoms in total. The van der Waals surface area contributed by atoms with E-state index in [0.29, 0.717) is 32.5 Å². The molecule has 21 heavy (non-hydrogen) atoms. The number of hydrogen-bond donors (Lipinski definition) is 2. The van der Waals surface area contributed by atoms with Gasteiger partial charge in [0.25, 0.3) is 10.2 Å². The molecule has 1 fully saturated rings. The summed E-state index contributed by atoms with van der Waals surface area (Å²) in [5.74, 6) is -0.234. The molecular weight excluding hydrogens is 290 g/mol. The summed E-state index contributed by atoms with van der Waals surface area (Å²) < 4.78 is 28.8. The van der Waals surface area contributed by atoms with Crippen LogP contribution in [0, 0.1) is 0 Å². The van der Waals surface area contributed by atoms with E-state index in [2.05, 4.69) is 10.0 Å². The van der Waals surface area contributed by atoms with E-state index >= 15 is 0 Å². The molecule has 0 aromatic heterocycles. The molecule has 0 bridgehead atoms. The SMILES string of the molecule is O=C1NCCC[C@@H]1NS(=O)(=O)N1CCc2ccccc2C1. The highest BCUT2D eigenvalue weighted by Gasteiger charge is 2.32. The lowest BCUT2D eigenvalue weighted by Crippen LogP contribution is -2.54. The van der Waals surface area contributed by atoms with Crippen molar-refractivity contribution >= 4 is 16.1 Å². The van der Waals surface area contributed by atoms with Crippen molar-refractivity contribution in [1.82, 2.24) is 14.3 Å². The van der Waals surface area contributed by atoms with Gasteiger partial charge in [0.05, 0.1) is 0 Å². The first-order valence-corrected chi connectivity index (χ1v) is 8.62. The fourth-order valence-electron chi connectivity index (χ4n) is 2.81. The number of benzene rings is 1. The third-order valence-electron chi connectivity index (χ3n) is 4.01. The van der Waals surface area contributed by atoms with Crippen LogP contribution in [-0.2, 0) is 28.0 Å². The van der Waals surface area contributed by atoms with Crippen LogP contribution in [0.15, 0.2) is 24.3 Å². The molecule has 1 amide bonds. The smallest absolute Gasteiger partial charge is 0.280 e. The number of carbonyl (C=O) groups is 1. The maximum absolute atomic E-state index is 12.4. The van der Waals surface area contributed by atoms with Crippen molar-refractivity contribution in [3.63, 3.8) is 0 Å². The predicted molar refractivity (Wildman–Crippen MR) is 78.6 cm³/mol. The van der Waals surface area contributed by atoms with E-state index in [1.807, 2.05) is 24.3 Å². The van der Waals surface area contributed by atoms with Gasteiger partial charge in [-0.3, -0.25) is 4.79 Å². The third kappa shape index (κ3) is 3.09. The zero-order chi connectivity index (χ0) is 14.9.